The molecule has 0 unspecified atom stereocenters. The molecule has 0 amide bonds. The number of phenolic OH excluding ortho intramolecular Hbond substituents is 1. The highest BCUT2D eigenvalue weighted by atomic mass is 16.3. The Hall–Kier alpha value is -2.23. The largest absolute Gasteiger partial charge is 0.507 e. The summed E-state index contributed by atoms with van der Waals surface area (Å²) in [7, 11) is 0. The van der Waals surface area contributed by atoms with E-state index in [0.29, 0.717) is 5.75 Å². The van der Waals surface area contributed by atoms with Gasteiger partial charge in [-0.1, -0.05) is 36.4 Å². The lowest BCUT2D eigenvalue weighted by molar-refractivity contribution is 0.481. The molecule has 6 N–H and O–H groups in total. The lowest BCUT2D eigenvalue weighted by Gasteiger charge is -1.97. The molecule has 0 aliphatic carbocycles. The van der Waals surface area contributed by atoms with Crippen LogP contribution in [0.2, 0.25) is 0 Å². The summed E-state index contributed by atoms with van der Waals surface area (Å²) in [5.41, 5.74) is 8.94. The Morgan fingerprint density at radius 2 is 1.53 bits per heavy atom. The zero-order valence-corrected chi connectivity index (χ0v) is 8.14. The van der Waals surface area contributed by atoms with E-state index in [2.05, 4.69) is 11.5 Å². The number of benzene rings is 2. The van der Waals surface area contributed by atoms with Crippen molar-refractivity contribution in [3.05, 3.63) is 42.5 Å². The molecular weight excluding hydrogens is 190 g/mol. The molecule has 0 saturated carbocycles. The Labute approximate surface area is 87.6 Å². The molecule has 0 atom stereocenters. The van der Waals surface area contributed by atoms with E-state index in [0.717, 1.165) is 10.8 Å². The summed E-state index contributed by atoms with van der Waals surface area (Å²) in [4.78, 5) is 0. The molecular formula is C11H13N3O. The molecule has 4 heteroatoms. The molecule has 78 valence electrons. The summed E-state index contributed by atoms with van der Waals surface area (Å²) >= 11 is 0. The van der Waals surface area contributed by atoms with Crippen LogP contribution >= 0.6 is 0 Å². The highest BCUT2D eigenvalue weighted by Gasteiger charge is 1.94. The number of hydrogen-bond acceptors (Lipinski definition) is 2. The zero-order valence-electron chi connectivity index (χ0n) is 8.14. The minimum absolute atomic E-state index is 0.333. The molecule has 0 heterocycles. The van der Waals surface area contributed by atoms with Crippen LogP contribution in [0.5, 0.6) is 5.75 Å². The SMILES string of the molecule is N=C(N)N.Oc1cccc2ccccc12. The van der Waals surface area contributed by atoms with Gasteiger partial charge in [-0.05, 0) is 11.5 Å². The van der Waals surface area contributed by atoms with Gasteiger partial charge in [-0.3, -0.25) is 5.41 Å². The van der Waals surface area contributed by atoms with Crippen LogP contribution in [0.25, 0.3) is 10.8 Å². The number of rotatable bonds is 0. The average molecular weight is 203 g/mol. The van der Waals surface area contributed by atoms with Gasteiger partial charge in [-0.2, -0.15) is 0 Å². The van der Waals surface area contributed by atoms with Gasteiger partial charge in [0.1, 0.15) is 5.75 Å². The Bertz CT molecular complexity index is 459. The first-order valence-corrected chi connectivity index (χ1v) is 4.37. The maximum Gasteiger partial charge on any atom is 0.183 e. The molecule has 0 fully saturated rings. The lowest BCUT2D eigenvalue weighted by Crippen LogP contribution is -2.20. The van der Waals surface area contributed by atoms with Crippen LogP contribution in [0, 0.1) is 5.41 Å². The highest BCUT2D eigenvalue weighted by molar-refractivity contribution is 5.87. The smallest absolute Gasteiger partial charge is 0.183 e. The van der Waals surface area contributed by atoms with E-state index in [1.807, 2.05) is 36.4 Å². The van der Waals surface area contributed by atoms with Crippen molar-refractivity contribution in [3.63, 3.8) is 0 Å². The van der Waals surface area contributed by atoms with E-state index >= 15 is 0 Å². The predicted molar refractivity (Wildman–Crippen MR) is 61.7 cm³/mol. The Morgan fingerprint density at radius 3 is 2.13 bits per heavy atom. The fraction of sp³-hybridized carbons (Fsp3) is 0. The average Bonchev–Trinajstić information content (AvgIpc) is 2.18. The number of aromatic hydroxyl groups is 1. The molecule has 0 saturated heterocycles. The molecule has 2 rings (SSSR count). The molecule has 0 aliphatic rings. The van der Waals surface area contributed by atoms with Crippen molar-refractivity contribution in [2.45, 2.75) is 0 Å². The molecule has 15 heavy (non-hydrogen) atoms. The fourth-order valence-electron chi connectivity index (χ4n) is 1.21. The second-order valence-corrected chi connectivity index (χ2v) is 2.95. The maximum atomic E-state index is 9.37. The van der Waals surface area contributed by atoms with Gasteiger partial charge in [0.25, 0.3) is 0 Å². The van der Waals surface area contributed by atoms with Gasteiger partial charge in [0.15, 0.2) is 5.96 Å². The Kier molecular flexibility index (Phi) is 3.51. The van der Waals surface area contributed by atoms with Crippen LogP contribution < -0.4 is 11.5 Å². The van der Waals surface area contributed by atoms with Crippen molar-refractivity contribution in [2.75, 3.05) is 0 Å². The van der Waals surface area contributed by atoms with E-state index in [-0.39, 0.29) is 5.96 Å². The summed E-state index contributed by atoms with van der Waals surface area (Å²) < 4.78 is 0. The Morgan fingerprint density at radius 1 is 1.00 bits per heavy atom. The molecule has 0 aliphatic heterocycles. The van der Waals surface area contributed by atoms with E-state index in [1.165, 1.54) is 0 Å². The maximum absolute atomic E-state index is 9.37. The third kappa shape index (κ3) is 3.19. The molecule has 0 spiro atoms. The normalized spacial score (nSPS) is 9.07. The van der Waals surface area contributed by atoms with Gasteiger partial charge in [0, 0.05) is 5.39 Å². The van der Waals surface area contributed by atoms with E-state index in [1.54, 1.807) is 6.07 Å². The number of nitrogens with one attached hydrogen (secondary N) is 1. The van der Waals surface area contributed by atoms with Crippen molar-refractivity contribution in [1.82, 2.24) is 0 Å². The second-order valence-electron chi connectivity index (χ2n) is 2.95. The number of phenols is 1. The third-order valence-electron chi connectivity index (χ3n) is 1.77. The summed E-state index contributed by atoms with van der Waals surface area (Å²) in [6, 6.07) is 13.3. The molecule has 0 bridgehead atoms. The summed E-state index contributed by atoms with van der Waals surface area (Å²) in [6.07, 6.45) is 0. The molecule has 2 aromatic rings. The number of nitrogens with two attached hydrogens (primary N) is 2. The van der Waals surface area contributed by atoms with Crippen LogP contribution in [-0.2, 0) is 0 Å². The first-order chi connectivity index (χ1) is 7.11. The predicted octanol–water partition coefficient (Wildman–Crippen LogP) is 1.38. The van der Waals surface area contributed by atoms with Crippen molar-refractivity contribution in [1.29, 1.82) is 5.41 Å². The summed E-state index contributed by atoms with van der Waals surface area (Å²) in [6.45, 7) is 0. The summed E-state index contributed by atoms with van der Waals surface area (Å²) in [5.74, 6) is 0.0168. The van der Waals surface area contributed by atoms with Gasteiger partial charge in [-0.15, -0.1) is 0 Å². The highest BCUT2D eigenvalue weighted by Crippen LogP contribution is 2.22. The number of hydrogen-bond donors (Lipinski definition) is 4. The molecule has 4 nitrogen and oxygen atoms in total. The van der Waals surface area contributed by atoms with Crippen LogP contribution in [0.3, 0.4) is 0 Å². The van der Waals surface area contributed by atoms with Crippen molar-refractivity contribution in [3.8, 4) is 5.75 Å². The minimum atomic E-state index is -0.333. The zero-order chi connectivity index (χ0) is 11.3. The van der Waals surface area contributed by atoms with Crippen LogP contribution in [0.4, 0.5) is 0 Å². The van der Waals surface area contributed by atoms with Crippen molar-refractivity contribution in [2.24, 2.45) is 11.5 Å². The van der Waals surface area contributed by atoms with Crippen LogP contribution in [-0.4, -0.2) is 11.1 Å². The van der Waals surface area contributed by atoms with Crippen molar-refractivity contribution >= 4 is 16.7 Å². The quantitative estimate of drug-likeness (QED) is 0.384. The minimum Gasteiger partial charge on any atom is -0.507 e. The van der Waals surface area contributed by atoms with Gasteiger partial charge >= 0.3 is 0 Å². The standard InChI is InChI=1S/C10H8O.CH5N3/c11-10-7-3-5-8-4-1-2-6-9(8)10;2-1(3)4/h1-7,11H;(H5,2,3,4). The van der Waals surface area contributed by atoms with Crippen LogP contribution in [0.1, 0.15) is 0 Å². The first-order valence-electron chi connectivity index (χ1n) is 4.37. The monoisotopic (exact) mass is 203 g/mol. The van der Waals surface area contributed by atoms with E-state index in [4.69, 9.17) is 5.41 Å². The van der Waals surface area contributed by atoms with Crippen LogP contribution in [0.15, 0.2) is 42.5 Å². The van der Waals surface area contributed by atoms with Crippen molar-refractivity contribution < 1.29 is 5.11 Å². The second kappa shape index (κ2) is 4.85. The lowest BCUT2D eigenvalue weighted by atomic mass is 10.1. The number of guanidine groups is 1. The number of fused-ring (bicyclic) bond motifs is 1. The van der Waals surface area contributed by atoms with Gasteiger partial charge in [0.05, 0.1) is 0 Å². The van der Waals surface area contributed by atoms with E-state index in [9.17, 15) is 5.11 Å². The Balaban J connectivity index is 0.000000245. The van der Waals surface area contributed by atoms with E-state index < -0.39 is 0 Å². The molecule has 0 radical (unpaired) electrons. The van der Waals surface area contributed by atoms with Gasteiger partial charge in [0.2, 0.25) is 0 Å². The summed E-state index contributed by atoms with van der Waals surface area (Å²) in [5, 5.41) is 17.4. The topological polar surface area (TPSA) is 96.1 Å². The van der Waals surface area contributed by atoms with Gasteiger partial charge < -0.3 is 16.6 Å². The molecule has 2 aromatic carbocycles. The van der Waals surface area contributed by atoms with Gasteiger partial charge in [-0.25, -0.2) is 0 Å². The molecule has 0 aromatic heterocycles. The fourth-order valence-corrected chi connectivity index (χ4v) is 1.21. The third-order valence-corrected chi connectivity index (χ3v) is 1.77. The first kappa shape index (κ1) is 10.8.